The molecule has 7 heteroatoms. The molecule has 1 atom stereocenters. The summed E-state index contributed by atoms with van der Waals surface area (Å²) in [7, 11) is 0. The molecule has 3 rings (SSSR count). The van der Waals surface area contributed by atoms with E-state index < -0.39 is 0 Å². The minimum absolute atomic E-state index is 0.129. The number of aromatic hydroxyl groups is 1. The van der Waals surface area contributed by atoms with Gasteiger partial charge in [0.05, 0.1) is 16.1 Å². The highest BCUT2D eigenvalue weighted by Crippen LogP contribution is 2.25. The Morgan fingerprint density at radius 2 is 1.88 bits per heavy atom. The minimum Gasteiger partial charge on any atom is -0.508 e. The van der Waals surface area contributed by atoms with Crippen molar-refractivity contribution in [1.82, 2.24) is 9.80 Å². The number of hydrogen-bond donors (Lipinski definition) is 2. The maximum Gasteiger partial charge on any atom is 0.222 e. The molecule has 0 aromatic heterocycles. The van der Waals surface area contributed by atoms with Gasteiger partial charge in [0.25, 0.3) is 0 Å². The Labute approximate surface area is 159 Å². The predicted octanol–water partition coefficient (Wildman–Crippen LogP) is 3.01. The van der Waals surface area contributed by atoms with Crippen LogP contribution in [0.25, 0.3) is 0 Å². The number of carbonyl (C=O) groups excluding carboxylic acids is 1. The van der Waals surface area contributed by atoms with Gasteiger partial charge >= 0.3 is 0 Å². The van der Waals surface area contributed by atoms with Crippen molar-refractivity contribution in [3.05, 3.63) is 28.2 Å². The highest BCUT2D eigenvalue weighted by Gasteiger charge is 2.27. The van der Waals surface area contributed by atoms with Crippen LogP contribution in [0.15, 0.2) is 18.2 Å². The Morgan fingerprint density at radius 1 is 1.24 bits per heavy atom. The van der Waals surface area contributed by atoms with E-state index in [0.717, 1.165) is 32.7 Å². The summed E-state index contributed by atoms with van der Waals surface area (Å²) in [4.78, 5) is 16.1. The fourth-order valence-corrected chi connectivity index (χ4v) is 3.37. The molecule has 1 aromatic carbocycles. The smallest absolute Gasteiger partial charge is 0.222 e. The minimum atomic E-state index is -0.138. The molecule has 1 amide bonds. The summed E-state index contributed by atoms with van der Waals surface area (Å²) in [5.74, 6) is 0.844. The molecular weight excluding hydrogens is 363 g/mol. The third-order valence-corrected chi connectivity index (χ3v) is 5.13. The number of hydrogen-bond acceptors (Lipinski definition) is 4. The molecule has 0 saturated carbocycles. The maximum atomic E-state index is 11.9. The number of phenolic OH excluding ortho intramolecular Hbond substituents is 1. The number of benzene rings is 1. The molecule has 2 fully saturated rings. The lowest BCUT2D eigenvalue weighted by molar-refractivity contribution is -0.131. The number of aliphatic hydroxyl groups excluding tert-OH is 1. The van der Waals surface area contributed by atoms with Gasteiger partial charge in [-0.15, -0.1) is 0 Å². The second-order valence-electron chi connectivity index (χ2n) is 6.87. The molecule has 1 aromatic rings. The second kappa shape index (κ2) is 9.62. The van der Waals surface area contributed by atoms with Gasteiger partial charge in [0, 0.05) is 39.1 Å². The van der Waals surface area contributed by atoms with Gasteiger partial charge in [0.1, 0.15) is 5.75 Å². The number of carbonyl (C=O) groups is 1. The fraction of sp³-hybridized carbons (Fsp3) is 0.611. The number of nitrogens with zero attached hydrogens (tertiary/aromatic N) is 2. The lowest BCUT2D eigenvalue weighted by Gasteiger charge is -2.37. The highest BCUT2D eigenvalue weighted by atomic mass is 35.5. The Morgan fingerprint density at radius 3 is 2.40 bits per heavy atom. The summed E-state index contributed by atoms with van der Waals surface area (Å²) in [5.41, 5.74) is 0. The largest absolute Gasteiger partial charge is 0.508 e. The van der Waals surface area contributed by atoms with Gasteiger partial charge in [-0.25, -0.2) is 0 Å². The third kappa shape index (κ3) is 6.66. The number of aliphatic hydroxyl groups is 1. The molecule has 0 radical (unpaired) electrons. The second-order valence-corrected chi connectivity index (χ2v) is 7.68. The molecule has 2 N–H and O–H groups in total. The zero-order valence-corrected chi connectivity index (χ0v) is 16.0. The molecule has 2 heterocycles. The normalized spacial score (nSPS) is 19.1. The van der Waals surface area contributed by atoms with Crippen molar-refractivity contribution in [2.24, 2.45) is 5.92 Å². The van der Waals surface area contributed by atoms with E-state index in [9.17, 15) is 4.79 Å². The van der Waals surface area contributed by atoms with Gasteiger partial charge in [-0.05, 0) is 37.0 Å². The van der Waals surface area contributed by atoms with E-state index in [1.54, 1.807) is 6.07 Å². The Bertz CT molecular complexity index is 573. The van der Waals surface area contributed by atoms with Crippen LogP contribution in [0.3, 0.4) is 0 Å². The van der Waals surface area contributed by atoms with Crippen molar-refractivity contribution < 1.29 is 15.0 Å². The van der Waals surface area contributed by atoms with Gasteiger partial charge in [-0.3, -0.25) is 9.69 Å². The van der Waals surface area contributed by atoms with Crippen molar-refractivity contribution in [3.8, 4) is 5.75 Å². The summed E-state index contributed by atoms with van der Waals surface area (Å²) in [5, 5.41) is 18.8. The van der Waals surface area contributed by atoms with Crippen LogP contribution < -0.4 is 0 Å². The van der Waals surface area contributed by atoms with Crippen molar-refractivity contribution in [2.45, 2.75) is 32.3 Å². The Kier molecular flexibility index (Phi) is 7.81. The van der Waals surface area contributed by atoms with Gasteiger partial charge in [-0.2, -0.15) is 0 Å². The first-order chi connectivity index (χ1) is 11.8. The molecule has 0 spiro atoms. The van der Waals surface area contributed by atoms with E-state index in [-0.39, 0.29) is 11.9 Å². The zero-order valence-electron chi connectivity index (χ0n) is 14.5. The van der Waals surface area contributed by atoms with Crippen molar-refractivity contribution >= 4 is 29.1 Å². The standard InChI is InChI=1S/C12H22N2O2.C6H4Cl2O/c1-10(7-13-8-11(15)9-13)6-12(16)14-4-2-3-5-14;7-5-2-1-4(9)3-6(5)8/h10-11,15H,2-9H2,1H3;1-3,9H. The van der Waals surface area contributed by atoms with Gasteiger partial charge in [0.15, 0.2) is 0 Å². The molecule has 0 bridgehead atoms. The van der Waals surface area contributed by atoms with E-state index in [0.29, 0.717) is 28.3 Å². The number of amides is 1. The van der Waals surface area contributed by atoms with Crippen molar-refractivity contribution in [1.29, 1.82) is 0 Å². The predicted molar refractivity (Wildman–Crippen MR) is 100 cm³/mol. The van der Waals surface area contributed by atoms with Gasteiger partial charge in [-0.1, -0.05) is 30.1 Å². The van der Waals surface area contributed by atoms with Crippen LogP contribution in [0.5, 0.6) is 5.75 Å². The topological polar surface area (TPSA) is 64.0 Å². The van der Waals surface area contributed by atoms with Crippen LogP contribution in [0, 0.1) is 5.92 Å². The quantitative estimate of drug-likeness (QED) is 0.831. The lowest BCUT2D eigenvalue weighted by atomic mass is 10.0. The summed E-state index contributed by atoms with van der Waals surface area (Å²) >= 11 is 11.1. The van der Waals surface area contributed by atoms with E-state index in [1.807, 2.05) is 4.90 Å². The molecule has 1 unspecified atom stereocenters. The number of β-amino-alcohol motifs (C(OH)–C–C–N with tert-alkyl or cyclic N) is 1. The Balaban J connectivity index is 0.000000212. The van der Waals surface area contributed by atoms with Crippen LogP contribution in [0.1, 0.15) is 26.2 Å². The first kappa shape index (κ1) is 20.3. The van der Waals surface area contributed by atoms with Crippen LogP contribution in [0.2, 0.25) is 10.0 Å². The Hall–Kier alpha value is -1.01. The van der Waals surface area contributed by atoms with E-state index in [1.165, 1.54) is 25.0 Å². The monoisotopic (exact) mass is 388 g/mol. The number of likely N-dealkylation sites (tertiary alicyclic amines) is 2. The first-order valence-electron chi connectivity index (χ1n) is 8.67. The third-order valence-electron chi connectivity index (χ3n) is 4.39. The van der Waals surface area contributed by atoms with Crippen molar-refractivity contribution in [3.63, 3.8) is 0 Å². The van der Waals surface area contributed by atoms with Crippen LogP contribution in [-0.2, 0) is 4.79 Å². The molecule has 2 aliphatic rings. The van der Waals surface area contributed by atoms with Gasteiger partial charge in [0.2, 0.25) is 5.91 Å². The molecule has 0 aliphatic carbocycles. The highest BCUT2D eigenvalue weighted by molar-refractivity contribution is 6.42. The van der Waals surface area contributed by atoms with Gasteiger partial charge < -0.3 is 15.1 Å². The average Bonchev–Trinajstić information content (AvgIpc) is 3.05. The zero-order chi connectivity index (χ0) is 18.4. The SMILES string of the molecule is CC(CC(=O)N1CCCC1)CN1CC(O)C1.Oc1ccc(Cl)c(Cl)c1. The average molecular weight is 389 g/mol. The van der Waals surface area contributed by atoms with E-state index in [4.69, 9.17) is 33.4 Å². The maximum absolute atomic E-state index is 11.9. The summed E-state index contributed by atoms with van der Waals surface area (Å²) in [6.45, 7) is 6.53. The summed E-state index contributed by atoms with van der Waals surface area (Å²) in [6.07, 6.45) is 2.85. The number of halogens is 2. The summed E-state index contributed by atoms with van der Waals surface area (Å²) < 4.78 is 0. The van der Waals surface area contributed by atoms with Crippen LogP contribution in [0.4, 0.5) is 0 Å². The molecule has 2 aliphatic heterocycles. The van der Waals surface area contributed by atoms with E-state index in [2.05, 4.69) is 11.8 Å². The van der Waals surface area contributed by atoms with Crippen molar-refractivity contribution in [2.75, 3.05) is 32.7 Å². The summed E-state index contributed by atoms with van der Waals surface area (Å²) in [6, 6.07) is 4.41. The lowest BCUT2D eigenvalue weighted by Crippen LogP contribution is -2.52. The number of rotatable bonds is 4. The fourth-order valence-electron chi connectivity index (χ4n) is 3.08. The van der Waals surface area contributed by atoms with Crippen LogP contribution >= 0.6 is 23.2 Å². The first-order valence-corrected chi connectivity index (χ1v) is 9.43. The number of phenols is 1. The van der Waals surface area contributed by atoms with Crippen LogP contribution in [-0.4, -0.2) is 64.7 Å². The molecule has 2 saturated heterocycles. The molecule has 5 nitrogen and oxygen atoms in total. The molecule has 140 valence electrons. The van der Waals surface area contributed by atoms with E-state index >= 15 is 0 Å². The molecule has 25 heavy (non-hydrogen) atoms. The molecular formula is C18H26Cl2N2O3.